The third kappa shape index (κ3) is 4.56. The standard InChI is InChI=1S/C14H19NO3S/c1-14(2,3)11-9-10(12(19-11)13(16)17)18-8-6-4-5-7-15/h9H,4-6,8H2,1-3H3,(H,16,17). The summed E-state index contributed by atoms with van der Waals surface area (Å²) in [5.74, 6) is -0.507. The summed E-state index contributed by atoms with van der Waals surface area (Å²) in [6.45, 7) is 6.58. The van der Waals surface area contributed by atoms with Gasteiger partial charge in [-0.2, -0.15) is 5.26 Å². The Morgan fingerprint density at radius 3 is 2.68 bits per heavy atom. The zero-order chi connectivity index (χ0) is 14.5. The average molecular weight is 281 g/mol. The summed E-state index contributed by atoms with van der Waals surface area (Å²) in [5.41, 5.74) is -0.0860. The smallest absolute Gasteiger partial charge is 0.349 e. The molecule has 1 aromatic heterocycles. The molecule has 1 rings (SSSR count). The number of thiophene rings is 1. The van der Waals surface area contributed by atoms with Gasteiger partial charge in [0.15, 0.2) is 4.88 Å². The Morgan fingerprint density at radius 1 is 1.47 bits per heavy atom. The van der Waals surface area contributed by atoms with E-state index in [1.807, 2.05) is 26.8 Å². The zero-order valence-electron chi connectivity index (χ0n) is 11.5. The van der Waals surface area contributed by atoms with Crippen LogP contribution in [0.2, 0.25) is 0 Å². The summed E-state index contributed by atoms with van der Waals surface area (Å²) in [6.07, 6.45) is 2.04. The highest BCUT2D eigenvalue weighted by molar-refractivity contribution is 7.14. The molecule has 19 heavy (non-hydrogen) atoms. The molecule has 0 spiro atoms. The van der Waals surface area contributed by atoms with Crippen LogP contribution in [0, 0.1) is 11.3 Å². The van der Waals surface area contributed by atoms with Gasteiger partial charge >= 0.3 is 5.97 Å². The van der Waals surface area contributed by atoms with Crippen molar-refractivity contribution in [1.82, 2.24) is 0 Å². The number of ether oxygens (including phenoxy) is 1. The lowest BCUT2D eigenvalue weighted by molar-refractivity contribution is 0.0698. The lowest BCUT2D eigenvalue weighted by Gasteiger charge is -2.14. The Balaban J connectivity index is 2.73. The number of carboxylic acid groups (broad SMARTS) is 1. The average Bonchev–Trinajstić information content (AvgIpc) is 2.72. The second-order valence-corrected chi connectivity index (χ2v) is 6.38. The van der Waals surface area contributed by atoms with Crippen molar-refractivity contribution in [3.05, 3.63) is 15.8 Å². The van der Waals surface area contributed by atoms with Crippen LogP contribution in [0.25, 0.3) is 0 Å². The molecule has 1 N–H and O–H groups in total. The summed E-state index contributed by atoms with van der Waals surface area (Å²) in [4.78, 5) is 12.4. The normalized spacial score (nSPS) is 11.1. The number of aromatic carboxylic acids is 1. The first kappa shape index (κ1) is 15.5. The Labute approximate surface area is 117 Å². The van der Waals surface area contributed by atoms with Gasteiger partial charge in [0.25, 0.3) is 0 Å². The number of carboxylic acids is 1. The molecule has 0 aliphatic rings. The second-order valence-electron chi connectivity index (χ2n) is 5.32. The van der Waals surface area contributed by atoms with Gasteiger partial charge in [0.05, 0.1) is 12.7 Å². The number of hydrogen-bond acceptors (Lipinski definition) is 4. The fourth-order valence-corrected chi connectivity index (χ4v) is 2.49. The maximum absolute atomic E-state index is 11.2. The first-order chi connectivity index (χ1) is 8.86. The van der Waals surface area contributed by atoms with Gasteiger partial charge in [-0.05, 0) is 24.3 Å². The molecule has 0 aliphatic heterocycles. The largest absolute Gasteiger partial charge is 0.492 e. The minimum Gasteiger partial charge on any atom is -0.492 e. The Bertz CT molecular complexity index is 480. The number of nitrogens with zero attached hydrogens (tertiary/aromatic N) is 1. The fourth-order valence-electron chi connectivity index (χ4n) is 1.49. The zero-order valence-corrected chi connectivity index (χ0v) is 12.3. The number of nitriles is 1. The summed E-state index contributed by atoms with van der Waals surface area (Å²) in [7, 11) is 0. The van der Waals surface area contributed by atoms with E-state index in [0.717, 1.165) is 17.7 Å². The molecule has 4 nitrogen and oxygen atoms in total. The molecule has 0 aromatic carbocycles. The molecule has 1 aromatic rings. The van der Waals surface area contributed by atoms with Gasteiger partial charge in [0, 0.05) is 11.3 Å². The maximum Gasteiger partial charge on any atom is 0.349 e. The van der Waals surface area contributed by atoms with Crippen LogP contribution in [0.15, 0.2) is 6.07 Å². The van der Waals surface area contributed by atoms with E-state index in [1.165, 1.54) is 11.3 Å². The minimum absolute atomic E-state index is 0.0860. The summed E-state index contributed by atoms with van der Waals surface area (Å²) < 4.78 is 5.54. The number of rotatable bonds is 6. The highest BCUT2D eigenvalue weighted by Crippen LogP contribution is 2.36. The van der Waals surface area contributed by atoms with Gasteiger partial charge in [0.2, 0.25) is 0 Å². The Kier molecular flexibility index (Phi) is 5.37. The van der Waals surface area contributed by atoms with Crippen LogP contribution in [0.1, 0.15) is 54.6 Å². The van der Waals surface area contributed by atoms with Crippen LogP contribution >= 0.6 is 11.3 Å². The third-order valence-electron chi connectivity index (χ3n) is 2.57. The van der Waals surface area contributed by atoms with Crippen molar-refractivity contribution in [2.45, 2.75) is 45.4 Å². The highest BCUT2D eigenvalue weighted by Gasteiger charge is 2.23. The van der Waals surface area contributed by atoms with E-state index in [2.05, 4.69) is 6.07 Å². The molecule has 0 saturated carbocycles. The van der Waals surface area contributed by atoms with E-state index in [1.54, 1.807) is 0 Å². The predicted molar refractivity (Wildman–Crippen MR) is 74.9 cm³/mol. The van der Waals surface area contributed by atoms with Crippen LogP contribution in [0.4, 0.5) is 0 Å². The molecule has 0 unspecified atom stereocenters. The lowest BCUT2D eigenvalue weighted by Crippen LogP contribution is -2.08. The Morgan fingerprint density at radius 2 is 2.16 bits per heavy atom. The molecule has 0 atom stereocenters. The van der Waals surface area contributed by atoms with Crippen molar-refractivity contribution in [2.75, 3.05) is 6.61 Å². The molecule has 0 aliphatic carbocycles. The van der Waals surface area contributed by atoms with E-state index in [-0.39, 0.29) is 10.3 Å². The van der Waals surface area contributed by atoms with Crippen molar-refractivity contribution < 1.29 is 14.6 Å². The second kappa shape index (κ2) is 6.58. The molecule has 0 amide bonds. The molecule has 0 saturated heterocycles. The number of hydrogen-bond donors (Lipinski definition) is 1. The molecule has 0 radical (unpaired) electrons. The maximum atomic E-state index is 11.2. The van der Waals surface area contributed by atoms with Crippen LogP contribution in [0.5, 0.6) is 5.75 Å². The van der Waals surface area contributed by atoms with E-state index >= 15 is 0 Å². The molecule has 0 bridgehead atoms. The summed E-state index contributed by atoms with van der Waals surface area (Å²) in [5, 5.41) is 17.6. The van der Waals surface area contributed by atoms with Crippen LogP contribution in [0.3, 0.4) is 0 Å². The van der Waals surface area contributed by atoms with E-state index in [9.17, 15) is 9.90 Å². The van der Waals surface area contributed by atoms with E-state index in [4.69, 9.17) is 10.00 Å². The van der Waals surface area contributed by atoms with E-state index < -0.39 is 5.97 Å². The summed E-state index contributed by atoms with van der Waals surface area (Å²) >= 11 is 1.27. The molecule has 0 fully saturated rings. The quantitative estimate of drug-likeness (QED) is 0.805. The van der Waals surface area contributed by atoms with Crippen LogP contribution in [-0.2, 0) is 5.41 Å². The van der Waals surface area contributed by atoms with Gasteiger partial charge in [-0.1, -0.05) is 20.8 Å². The van der Waals surface area contributed by atoms with Crippen molar-refractivity contribution >= 4 is 17.3 Å². The molecule has 5 heteroatoms. The van der Waals surface area contributed by atoms with Gasteiger partial charge in [-0.3, -0.25) is 0 Å². The topological polar surface area (TPSA) is 70.3 Å². The highest BCUT2D eigenvalue weighted by atomic mass is 32.1. The van der Waals surface area contributed by atoms with Crippen LogP contribution in [-0.4, -0.2) is 17.7 Å². The number of carbonyl (C=O) groups is 1. The van der Waals surface area contributed by atoms with Gasteiger partial charge in [-0.25, -0.2) is 4.79 Å². The molecule has 1 heterocycles. The number of unbranched alkanes of at least 4 members (excludes halogenated alkanes) is 2. The van der Waals surface area contributed by atoms with Gasteiger partial charge in [-0.15, -0.1) is 11.3 Å². The van der Waals surface area contributed by atoms with E-state index in [0.29, 0.717) is 18.8 Å². The van der Waals surface area contributed by atoms with Gasteiger partial charge in [0.1, 0.15) is 5.75 Å². The van der Waals surface area contributed by atoms with Gasteiger partial charge < -0.3 is 9.84 Å². The Hall–Kier alpha value is -1.54. The predicted octanol–water partition coefficient (Wildman–Crippen LogP) is 3.82. The summed E-state index contributed by atoms with van der Waals surface area (Å²) in [6, 6.07) is 3.89. The lowest BCUT2D eigenvalue weighted by atomic mass is 9.95. The first-order valence-electron chi connectivity index (χ1n) is 6.23. The third-order valence-corrected chi connectivity index (χ3v) is 4.10. The van der Waals surface area contributed by atoms with Crippen molar-refractivity contribution in [3.8, 4) is 11.8 Å². The monoisotopic (exact) mass is 281 g/mol. The van der Waals surface area contributed by atoms with Crippen LogP contribution < -0.4 is 4.74 Å². The first-order valence-corrected chi connectivity index (χ1v) is 7.05. The SMILES string of the molecule is CC(C)(C)c1cc(OCCCCC#N)c(C(=O)O)s1. The van der Waals surface area contributed by atoms with Crippen molar-refractivity contribution in [3.63, 3.8) is 0 Å². The van der Waals surface area contributed by atoms with Crippen molar-refractivity contribution in [1.29, 1.82) is 5.26 Å². The molecule has 104 valence electrons. The fraction of sp³-hybridized carbons (Fsp3) is 0.571. The van der Waals surface area contributed by atoms with Crippen molar-refractivity contribution in [2.24, 2.45) is 0 Å². The molecular formula is C14H19NO3S. The minimum atomic E-state index is -0.951. The molecular weight excluding hydrogens is 262 g/mol.